The Morgan fingerprint density at radius 1 is 1.25 bits per heavy atom. The molecule has 0 bridgehead atoms. The minimum atomic E-state index is -0.0419. The zero-order valence-corrected chi connectivity index (χ0v) is 15.5. The summed E-state index contributed by atoms with van der Waals surface area (Å²) >= 11 is 1.32. The van der Waals surface area contributed by atoms with Crippen molar-refractivity contribution in [2.75, 3.05) is 5.75 Å². The molecule has 2 atom stereocenters. The van der Waals surface area contributed by atoms with Gasteiger partial charge in [0, 0.05) is 12.1 Å². The molecule has 1 heterocycles. The molecule has 24 heavy (non-hydrogen) atoms. The Morgan fingerprint density at radius 3 is 2.62 bits per heavy atom. The van der Waals surface area contributed by atoms with Gasteiger partial charge in [-0.25, -0.2) is 4.98 Å². The second-order valence-corrected chi connectivity index (χ2v) is 6.95. The predicted octanol–water partition coefficient (Wildman–Crippen LogP) is 3.37. The van der Waals surface area contributed by atoms with E-state index in [2.05, 4.69) is 10.3 Å². The van der Waals surface area contributed by atoms with Crippen molar-refractivity contribution >= 4 is 28.6 Å². The van der Waals surface area contributed by atoms with Crippen molar-refractivity contribution in [2.24, 2.45) is 0 Å². The number of rotatable bonds is 7. The summed E-state index contributed by atoms with van der Waals surface area (Å²) in [5.74, 6) is 0.221. The average molecular weight is 347 g/mol. The number of benzene rings is 1. The van der Waals surface area contributed by atoms with Gasteiger partial charge in [-0.3, -0.25) is 14.2 Å². The Kier molecular flexibility index (Phi) is 6.43. The fraction of sp³-hybridized carbons (Fsp3) is 0.500. The summed E-state index contributed by atoms with van der Waals surface area (Å²) in [6.07, 6.45) is 1.72. The highest BCUT2D eigenvalue weighted by molar-refractivity contribution is 7.99. The number of para-hydroxylation sites is 1. The molecule has 1 aromatic carbocycles. The van der Waals surface area contributed by atoms with Crippen molar-refractivity contribution in [1.29, 1.82) is 0 Å². The van der Waals surface area contributed by atoms with E-state index in [1.807, 2.05) is 45.9 Å². The van der Waals surface area contributed by atoms with Crippen LogP contribution in [-0.4, -0.2) is 27.3 Å². The van der Waals surface area contributed by atoms with Crippen LogP contribution in [0, 0.1) is 0 Å². The molecule has 6 heteroatoms. The van der Waals surface area contributed by atoms with Crippen LogP contribution in [0.4, 0.5) is 0 Å². The van der Waals surface area contributed by atoms with Crippen LogP contribution in [0.2, 0.25) is 0 Å². The van der Waals surface area contributed by atoms with E-state index in [1.165, 1.54) is 11.8 Å². The van der Waals surface area contributed by atoms with Crippen LogP contribution in [-0.2, 0) is 4.79 Å². The summed E-state index contributed by atoms with van der Waals surface area (Å²) in [5.41, 5.74) is 0.631. The lowest BCUT2D eigenvalue weighted by molar-refractivity contribution is -0.119. The van der Waals surface area contributed by atoms with Gasteiger partial charge in [-0.1, -0.05) is 37.7 Å². The molecule has 5 nitrogen and oxygen atoms in total. The van der Waals surface area contributed by atoms with Gasteiger partial charge in [-0.2, -0.15) is 0 Å². The molecule has 1 aromatic heterocycles. The van der Waals surface area contributed by atoms with E-state index in [-0.39, 0.29) is 29.3 Å². The van der Waals surface area contributed by atoms with Gasteiger partial charge >= 0.3 is 0 Å². The van der Waals surface area contributed by atoms with Crippen LogP contribution in [0.1, 0.15) is 46.6 Å². The highest BCUT2D eigenvalue weighted by atomic mass is 32.2. The van der Waals surface area contributed by atoms with Crippen molar-refractivity contribution in [3.8, 4) is 0 Å². The Bertz CT molecular complexity index is 772. The number of amides is 1. The van der Waals surface area contributed by atoms with Gasteiger partial charge in [-0.15, -0.1) is 0 Å². The van der Waals surface area contributed by atoms with Gasteiger partial charge in [0.1, 0.15) is 0 Å². The minimum Gasteiger partial charge on any atom is -0.353 e. The van der Waals surface area contributed by atoms with Crippen LogP contribution in [0.3, 0.4) is 0 Å². The van der Waals surface area contributed by atoms with E-state index >= 15 is 0 Å². The van der Waals surface area contributed by atoms with Crippen LogP contribution >= 0.6 is 11.8 Å². The first-order valence-corrected chi connectivity index (χ1v) is 9.39. The van der Waals surface area contributed by atoms with E-state index in [9.17, 15) is 9.59 Å². The zero-order valence-electron chi connectivity index (χ0n) is 14.7. The molecule has 0 aliphatic heterocycles. The third-order valence-corrected chi connectivity index (χ3v) is 5.11. The Balaban J connectivity index is 2.34. The molecule has 0 aliphatic carbocycles. The first-order chi connectivity index (χ1) is 11.5. The monoisotopic (exact) mass is 347 g/mol. The smallest absolute Gasteiger partial charge is 0.262 e. The standard InChI is InChI=1S/C18H25N3O2S/c1-5-12(3)19-16(22)11-24-18-20-15-10-8-7-9-14(15)17(23)21(18)13(4)6-2/h7-10,12-13H,5-6,11H2,1-4H3,(H,19,22)/t12-,13+/m1/s1. The molecule has 0 fully saturated rings. The molecule has 130 valence electrons. The molecular weight excluding hydrogens is 322 g/mol. The summed E-state index contributed by atoms with van der Waals surface area (Å²) in [5, 5.41) is 4.16. The van der Waals surface area contributed by atoms with Crippen LogP contribution in [0.25, 0.3) is 10.9 Å². The summed E-state index contributed by atoms with van der Waals surface area (Å²) in [7, 11) is 0. The van der Waals surface area contributed by atoms with Crippen LogP contribution < -0.4 is 10.9 Å². The fourth-order valence-corrected chi connectivity index (χ4v) is 3.26. The topological polar surface area (TPSA) is 64.0 Å². The Hall–Kier alpha value is -1.82. The molecule has 1 N–H and O–H groups in total. The molecule has 1 amide bonds. The van der Waals surface area contributed by atoms with Gasteiger partial charge in [0.25, 0.3) is 5.56 Å². The Labute approximate surface area is 146 Å². The maximum atomic E-state index is 12.8. The van der Waals surface area contributed by atoms with Crippen LogP contribution in [0.5, 0.6) is 0 Å². The van der Waals surface area contributed by atoms with Gasteiger partial charge in [-0.05, 0) is 38.8 Å². The lowest BCUT2D eigenvalue weighted by atomic mass is 10.2. The van der Waals surface area contributed by atoms with Crippen LogP contribution in [0.15, 0.2) is 34.2 Å². The summed E-state index contributed by atoms with van der Waals surface area (Å²) in [4.78, 5) is 29.5. The van der Waals surface area contributed by atoms with Gasteiger partial charge in [0.05, 0.1) is 16.7 Å². The zero-order chi connectivity index (χ0) is 17.7. The van der Waals surface area contributed by atoms with Gasteiger partial charge in [0.15, 0.2) is 5.16 Å². The fourth-order valence-electron chi connectivity index (χ4n) is 2.35. The highest BCUT2D eigenvalue weighted by Crippen LogP contribution is 2.22. The third kappa shape index (κ3) is 4.17. The van der Waals surface area contributed by atoms with Crippen molar-refractivity contribution in [3.05, 3.63) is 34.6 Å². The van der Waals surface area contributed by atoms with Gasteiger partial charge < -0.3 is 5.32 Å². The van der Waals surface area contributed by atoms with Crippen molar-refractivity contribution < 1.29 is 4.79 Å². The summed E-state index contributed by atoms with van der Waals surface area (Å²) < 4.78 is 1.71. The molecule has 0 aliphatic rings. The first-order valence-electron chi connectivity index (χ1n) is 8.41. The number of nitrogens with one attached hydrogen (secondary N) is 1. The summed E-state index contributed by atoms with van der Waals surface area (Å²) in [6, 6.07) is 7.54. The van der Waals surface area contributed by atoms with E-state index in [0.29, 0.717) is 16.1 Å². The maximum absolute atomic E-state index is 12.8. The molecule has 2 aromatic rings. The molecule has 0 saturated heterocycles. The number of nitrogens with zero attached hydrogens (tertiary/aromatic N) is 2. The summed E-state index contributed by atoms with van der Waals surface area (Å²) in [6.45, 7) is 8.05. The SMILES string of the molecule is CC[C@@H](C)NC(=O)CSc1nc2ccccc2c(=O)n1[C@@H](C)CC. The van der Waals surface area contributed by atoms with Gasteiger partial charge in [0.2, 0.25) is 5.91 Å². The van der Waals surface area contributed by atoms with E-state index in [1.54, 1.807) is 10.6 Å². The third-order valence-electron chi connectivity index (χ3n) is 4.16. The second-order valence-electron chi connectivity index (χ2n) is 6.01. The average Bonchev–Trinajstić information content (AvgIpc) is 2.59. The molecule has 2 rings (SSSR count). The number of hydrogen-bond acceptors (Lipinski definition) is 4. The van der Waals surface area contributed by atoms with Crippen molar-refractivity contribution in [2.45, 2.75) is 57.8 Å². The molecule has 0 radical (unpaired) electrons. The number of carbonyl (C=O) groups excluding carboxylic acids is 1. The van der Waals surface area contributed by atoms with E-state index < -0.39 is 0 Å². The predicted molar refractivity (Wildman–Crippen MR) is 99.6 cm³/mol. The van der Waals surface area contributed by atoms with E-state index in [4.69, 9.17) is 0 Å². The maximum Gasteiger partial charge on any atom is 0.262 e. The number of hydrogen-bond donors (Lipinski definition) is 1. The molecule has 0 spiro atoms. The number of fused-ring (bicyclic) bond motifs is 1. The van der Waals surface area contributed by atoms with E-state index in [0.717, 1.165) is 12.8 Å². The highest BCUT2D eigenvalue weighted by Gasteiger charge is 2.16. The molecular formula is C18H25N3O2S. The lowest BCUT2D eigenvalue weighted by Crippen LogP contribution is -2.33. The largest absolute Gasteiger partial charge is 0.353 e. The first kappa shape index (κ1) is 18.5. The number of carbonyl (C=O) groups is 1. The normalized spacial score (nSPS) is 13.7. The number of aromatic nitrogens is 2. The number of thioether (sulfide) groups is 1. The lowest BCUT2D eigenvalue weighted by Gasteiger charge is -2.18. The quantitative estimate of drug-likeness (QED) is 0.616. The Morgan fingerprint density at radius 2 is 1.96 bits per heavy atom. The van der Waals surface area contributed by atoms with Crippen molar-refractivity contribution in [1.82, 2.24) is 14.9 Å². The molecule has 0 unspecified atom stereocenters. The van der Waals surface area contributed by atoms with Crippen molar-refractivity contribution in [3.63, 3.8) is 0 Å². The minimum absolute atomic E-state index is 0.0348. The second kappa shape index (κ2) is 8.33. The molecule has 0 saturated carbocycles.